The number of allylic oxidation sites excluding steroid dienone is 6. The molecule has 1 aliphatic rings. The molecule has 1 heteroatoms. The summed E-state index contributed by atoms with van der Waals surface area (Å²) in [6.07, 6.45) is 9.33. The summed E-state index contributed by atoms with van der Waals surface area (Å²) >= 11 is 0. The van der Waals surface area contributed by atoms with Crippen molar-refractivity contribution in [1.29, 1.82) is 0 Å². The molecule has 1 aromatic carbocycles. The maximum atomic E-state index is 12.7. The van der Waals surface area contributed by atoms with Crippen molar-refractivity contribution in [3.05, 3.63) is 65.5 Å². The van der Waals surface area contributed by atoms with Gasteiger partial charge in [0.05, 0.1) is 0 Å². The zero-order chi connectivity index (χ0) is 10.7. The second-order valence-corrected chi connectivity index (χ2v) is 3.74. The lowest BCUT2D eigenvalue weighted by Gasteiger charge is -2.01. The monoisotopic (exact) mass is 200 g/mol. The summed E-state index contributed by atoms with van der Waals surface area (Å²) in [7, 11) is 0. The van der Waals surface area contributed by atoms with Crippen LogP contribution in [-0.4, -0.2) is 0 Å². The van der Waals surface area contributed by atoms with E-state index in [9.17, 15) is 4.39 Å². The Balaban J connectivity index is 2.29. The van der Waals surface area contributed by atoms with E-state index in [1.54, 1.807) is 0 Å². The first-order valence-electron chi connectivity index (χ1n) is 5.05. The lowest BCUT2D eigenvalue weighted by molar-refractivity contribution is 0.627. The van der Waals surface area contributed by atoms with E-state index >= 15 is 0 Å². The summed E-state index contributed by atoms with van der Waals surface area (Å²) in [6, 6.07) is 6.61. The van der Waals surface area contributed by atoms with Gasteiger partial charge in [-0.15, -0.1) is 0 Å². The van der Waals surface area contributed by atoms with Crippen LogP contribution in [0.4, 0.5) is 4.39 Å². The third-order valence-corrected chi connectivity index (χ3v) is 2.48. The molecule has 2 rings (SSSR count). The maximum Gasteiger partial charge on any atom is 0.123 e. The van der Waals surface area contributed by atoms with Gasteiger partial charge in [0.1, 0.15) is 5.82 Å². The number of rotatable bonds is 1. The van der Waals surface area contributed by atoms with Crippen molar-refractivity contribution >= 4 is 5.57 Å². The smallest absolute Gasteiger partial charge is 0.123 e. The summed E-state index contributed by atoms with van der Waals surface area (Å²) < 4.78 is 12.7. The van der Waals surface area contributed by atoms with Crippen molar-refractivity contribution in [2.24, 2.45) is 0 Å². The van der Waals surface area contributed by atoms with Gasteiger partial charge in [0.15, 0.2) is 0 Å². The third kappa shape index (κ3) is 2.44. The van der Waals surface area contributed by atoms with Crippen molar-refractivity contribution < 1.29 is 4.39 Å². The molecule has 1 aromatic rings. The van der Waals surface area contributed by atoms with E-state index in [0.29, 0.717) is 0 Å². The molecule has 0 radical (unpaired) electrons. The van der Waals surface area contributed by atoms with Crippen molar-refractivity contribution in [3.63, 3.8) is 0 Å². The summed E-state index contributed by atoms with van der Waals surface area (Å²) in [6.45, 7) is 2.11. The van der Waals surface area contributed by atoms with Gasteiger partial charge in [-0.3, -0.25) is 0 Å². The summed E-state index contributed by atoms with van der Waals surface area (Å²) in [4.78, 5) is 0. The van der Waals surface area contributed by atoms with Crippen LogP contribution in [-0.2, 0) is 0 Å². The molecule has 0 atom stereocenters. The highest BCUT2D eigenvalue weighted by Gasteiger charge is 2.00. The molecule has 0 saturated heterocycles. The van der Waals surface area contributed by atoms with E-state index in [0.717, 1.165) is 17.6 Å². The molecule has 0 amide bonds. The Hall–Kier alpha value is -1.63. The number of hydrogen-bond acceptors (Lipinski definition) is 0. The molecule has 0 heterocycles. The number of halogens is 1. The molecule has 0 bridgehead atoms. The molecule has 0 aromatic heterocycles. The van der Waals surface area contributed by atoms with E-state index in [-0.39, 0.29) is 5.82 Å². The molecule has 76 valence electrons. The molecule has 0 fully saturated rings. The molecule has 0 N–H and O–H groups in total. The van der Waals surface area contributed by atoms with Crippen molar-refractivity contribution in [2.45, 2.75) is 13.3 Å². The maximum absolute atomic E-state index is 12.7. The minimum absolute atomic E-state index is 0.189. The molecule has 1 aliphatic carbocycles. The van der Waals surface area contributed by atoms with E-state index in [1.807, 2.05) is 18.2 Å². The van der Waals surface area contributed by atoms with Gasteiger partial charge >= 0.3 is 0 Å². The first-order chi connectivity index (χ1) is 7.25. The summed E-state index contributed by atoms with van der Waals surface area (Å²) in [5, 5.41) is 0. The van der Waals surface area contributed by atoms with Gasteiger partial charge in [0.25, 0.3) is 0 Å². The van der Waals surface area contributed by atoms with Crippen molar-refractivity contribution in [1.82, 2.24) is 0 Å². The van der Waals surface area contributed by atoms with Crippen LogP contribution in [0, 0.1) is 5.82 Å². The van der Waals surface area contributed by atoms with Gasteiger partial charge in [-0.1, -0.05) is 42.0 Å². The Morgan fingerprint density at radius 1 is 1.13 bits per heavy atom. The molecule has 15 heavy (non-hydrogen) atoms. The van der Waals surface area contributed by atoms with Crippen LogP contribution in [0.3, 0.4) is 0 Å². The van der Waals surface area contributed by atoms with Crippen LogP contribution in [0.1, 0.15) is 18.9 Å². The Labute approximate surface area is 89.4 Å². The van der Waals surface area contributed by atoms with Crippen molar-refractivity contribution in [3.8, 4) is 0 Å². The first kappa shape index (κ1) is 9.91. The molecule has 0 aliphatic heterocycles. The minimum atomic E-state index is -0.189. The second-order valence-electron chi connectivity index (χ2n) is 3.74. The normalized spacial score (nSPS) is 15.6. The molecule has 0 saturated carbocycles. The summed E-state index contributed by atoms with van der Waals surface area (Å²) in [5.41, 5.74) is 3.56. The van der Waals surface area contributed by atoms with Crippen LogP contribution in [0.15, 0.2) is 54.1 Å². The fraction of sp³-hybridized carbons (Fsp3) is 0.143. The quantitative estimate of drug-likeness (QED) is 0.639. The van der Waals surface area contributed by atoms with Crippen LogP contribution in [0.2, 0.25) is 0 Å². The largest absolute Gasteiger partial charge is 0.207 e. The van der Waals surface area contributed by atoms with Gasteiger partial charge in [0, 0.05) is 0 Å². The Morgan fingerprint density at radius 2 is 1.87 bits per heavy atom. The van der Waals surface area contributed by atoms with Crippen LogP contribution in [0.5, 0.6) is 0 Å². The standard InChI is InChI=1S/C14H13F/c1-11-3-2-4-12(6-5-11)13-7-9-14(15)10-8-13/h2-4,6-10H,5H2,1H3. The fourth-order valence-electron chi connectivity index (χ4n) is 1.58. The zero-order valence-corrected chi connectivity index (χ0v) is 8.70. The highest BCUT2D eigenvalue weighted by Crippen LogP contribution is 2.21. The van der Waals surface area contributed by atoms with E-state index < -0.39 is 0 Å². The van der Waals surface area contributed by atoms with Crippen LogP contribution >= 0.6 is 0 Å². The predicted molar refractivity (Wildman–Crippen MR) is 61.9 cm³/mol. The fourth-order valence-corrected chi connectivity index (χ4v) is 1.58. The van der Waals surface area contributed by atoms with Gasteiger partial charge in [-0.2, -0.15) is 0 Å². The summed E-state index contributed by atoms with van der Waals surface area (Å²) in [5.74, 6) is -0.189. The van der Waals surface area contributed by atoms with Crippen LogP contribution in [0.25, 0.3) is 5.57 Å². The zero-order valence-electron chi connectivity index (χ0n) is 8.70. The van der Waals surface area contributed by atoms with E-state index in [4.69, 9.17) is 0 Å². The van der Waals surface area contributed by atoms with Crippen molar-refractivity contribution in [2.75, 3.05) is 0 Å². The van der Waals surface area contributed by atoms with Gasteiger partial charge in [-0.25, -0.2) is 4.39 Å². The average molecular weight is 200 g/mol. The molecule has 0 spiro atoms. The van der Waals surface area contributed by atoms with Crippen LogP contribution < -0.4 is 0 Å². The number of hydrogen-bond donors (Lipinski definition) is 0. The minimum Gasteiger partial charge on any atom is -0.207 e. The van der Waals surface area contributed by atoms with E-state index in [1.165, 1.54) is 17.7 Å². The SMILES string of the molecule is CC1=CC=CC(c2ccc(F)cc2)=CC1. The van der Waals surface area contributed by atoms with E-state index in [2.05, 4.69) is 25.2 Å². The number of benzene rings is 1. The van der Waals surface area contributed by atoms with Gasteiger partial charge in [-0.05, 0) is 36.6 Å². The lowest BCUT2D eigenvalue weighted by atomic mass is 10.0. The third-order valence-electron chi connectivity index (χ3n) is 2.48. The topological polar surface area (TPSA) is 0 Å². The predicted octanol–water partition coefficient (Wildman–Crippen LogP) is 4.12. The first-order valence-corrected chi connectivity index (χ1v) is 5.05. The van der Waals surface area contributed by atoms with Gasteiger partial charge < -0.3 is 0 Å². The lowest BCUT2D eigenvalue weighted by Crippen LogP contribution is -1.81. The average Bonchev–Trinajstić information content (AvgIpc) is 2.44. The highest BCUT2D eigenvalue weighted by molar-refractivity contribution is 5.75. The highest BCUT2D eigenvalue weighted by atomic mass is 19.1. The second kappa shape index (κ2) is 4.26. The van der Waals surface area contributed by atoms with Gasteiger partial charge in [0.2, 0.25) is 0 Å². The Bertz CT molecular complexity index is 433. The molecule has 0 nitrogen and oxygen atoms in total. The Kier molecular flexibility index (Phi) is 2.82. The molecule has 0 unspecified atom stereocenters. The Morgan fingerprint density at radius 3 is 2.60 bits per heavy atom. The molecular formula is C14H13F. The molecular weight excluding hydrogens is 187 g/mol.